The monoisotopic (exact) mass is 201 g/mol. The number of hydrogen-bond acceptors (Lipinski definition) is 3. The molecule has 1 aliphatic rings. The van der Waals surface area contributed by atoms with Gasteiger partial charge in [0.1, 0.15) is 0 Å². The maximum Gasteiger partial charge on any atom is 0.0667 e. The Bertz CT molecular complexity index is 146. The first-order chi connectivity index (χ1) is 6.74. The van der Waals surface area contributed by atoms with Gasteiger partial charge in [0.2, 0.25) is 0 Å². The molecule has 14 heavy (non-hydrogen) atoms. The van der Waals surface area contributed by atoms with Gasteiger partial charge in [-0.3, -0.25) is 0 Å². The minimum absolute atomic E-state index is 0.303. The van der Waals surface area contributed by atoms with Crippen molar-refractivity contribution in [2.24, 2.45) is 5.92 Å². The van der Waals surface area contributed by atoms with E-state index < -0.39 is 0 Å². The third kappa shape index (κ3) is 3.95. The van der Waals surface area contributed by atoms with Gasteiger partial charge < -0.3 is 14.8 Å². The van der Waals surface area contributed by atoms with Gasteiger partial charge >= 0.3 is 0 Å². The fraction of sp³-hybridized carbons (Fsp3) is 1.00. The molecule has 0 radical (unpaired) electrons. The van der Waals surface area contributed by atoms with Crippen LogP contribution in [0.4, 0.5) is 0 Å². The predicted molar refractivity (Wildman–Crippen MR) is 57.5 cm³/mol. The quantitative estimate of drug-likeness (QED) is 0.730. The summed E-state index contributed by atoms with van der Waals surface area (Å²) in [5.74, 6) is 0.771. The first-order valence-corrected chi connectivity index (χ1v) is 5.58. The standard InChI is InChI=1S/C11H23NO2/c1-9(13-3)8-12-10(2)11-4-6-14-7-5-11/h9-12H,4-8H2,1-3H3. The second-order valence-corrected chi connectivity index (χ2v) is 4.19. The molecule has 1 heterocycles. The molecule has 0 aromatic heterocycles. The lowest BCUT2D eigenvalue weighted by Gasteiger charge is -2.29. The molecular weight excluding hydrogens is 178 g/mol. The summed E-state index contributed by atoms with van der Waals surface area (Å²) in [7, 11) is 1.76. The summed E-state index contributed by atoms with van der Waals surface area (Å²) in [6.45, 7) is 7.14. The third-order valence-electron chi connectivity index (χ3n) is 3.10. The largest absolute Gasteiger partial charge is 0.381 e. The first-order valence-electron chi connectivity index (χ1n) is 5.58. The highest BCUT2D eigenvalue weighted by atomic mass is 16.5. The molecule has 1 N–H and O–H groups in total. The average Bonchev–Trinajstić information content (AvgIpc) is 2.26. The molecule has 1 saturated heterocycles. The molecule has 3 nitrogen and oxygen atoms in total. The van der Waals surface area contributed by atoms with Crippen molar-refractivity contribution in [2.75, 3.05) is 26.9 Å². The van der Waals surface area contributed by atoms with E-state index in [1.165, 1.54) is 12.8 Å². The van der Waals surface area contributed by atoms with Crippen molar-refractivity contribution in [3.05, 3.63) is 0 Å². The molecule has 2 unspecified atom stereocenters. The number of methoxy groups -OCH3 is 1. The van der Waals surface area contributed by atoms with E-state index in [1.807, 2.05) is 0 Å². The first kappa shape index (κ1) is 12.0. The molecule has 2 atom stereocenters. The highest BCUT2D eigenvalue weighted by Gasteiger charge is 2.20. The van der Waals surface area contributed by atoms with Gasteiger partial charge in [-0.2, -0.15) is 0 Å². The predicted octanol–water partition coefficient (Wildman–Crippen LogP) is 1.43. The van der Waals surface area contributed by atoms with Gasteiger partial charge in [0.25, 0.3) is 0 Å². The number of rotatable bonds is 5. The third-order valence-corrected chi connectivity index (χ3v) is 3.10. The van der Waals surface area contributed by atoms with Crippen molar-refractivity contribution < 1.29 is 9.47 Å². The van der Waals surface area contributed by atoms with E-state index in [2.05, 4.69) is 19.2 Å². The van der Waals surface area contributed by atoms with Crippen LogP contribution in [0.25, 0.3) is 0 Å². The van der Waals surface area contributed by atoms with E-state index in [0.29, 0.717) is 12.1 Å². The van der Waals surface area contributed by atoms with Crippen LogP contribution in [-0.2, 0) is 9.47 Å². The number of nitrogens with one attached hydrogen (secondary N) is 1. The molecule has 0 aliphatic carbocycles. The van der Waals surface area contributed by atoms with Crippen LogP contribution < -0.4 is 5.32 Å². The summed E-state index contributed by atoms with van der Waals surface area (Å²) in [4.78, 5) is 0. The fourth-order valence-corrected chi connectivity index (χ4v) is 1.82. The van der Waals surface area contributed by atoms with Gasteiger partial charge in [0.05, 0.1) is 6.10 Å². The van der Waals surface area contributed by atoms with Crippen LogP contribution in [0.5, 0.6) is 0 Å². The van der Waals surface area contributed by atoms with Gasteiger partial charge in [-0.25, -0.2) is 0 Å². The zero-order valence-electron chi connectivity index (χ0n) is 9.58. The summed E-state index contributed by atoms with van der Waals surface area (Å²) in [6, 6.07) is 0.580. The number of ether oxygens (including phenoxy) is 2. The molecule has 1 fully saturated rings. The second kappa shape index (κ2) is 6.38. The van der Waals surface area contributed by atoms with E-state index >= 15 is 0 Å². The van der Waals surface area contributed by atoms with Gasteiger partial charge in [0, 0.05) is 32.9 Å². The molecule has 0 spiro atoms. The van der Waals surface area contributed by atoms with E-state index in [-0.39, 0.29) is 0 Å². The Morgan fingerprint density at radius 1 is 1.36 bits per heavy atom. The van der Waals surface area contributed by atoms with Crippen LogP contribution in [0.15, 0.2) is 0 Å². The Morgan fingerprint density at radius 2 is 2.00 bits per heavy atom. The maximum absolute atomic E-state index is 5.34. The molecule has 0 saturated carbocycles. The summed E-state index contributed by atoms with van der Waals surface area (Å²) < 4.78 is 10.5. The van der Waals surface area contributed by atoms with Gasteiger partial charge in [-0.15, -0.1) is 0 Å². The zero-order valence-corrected chi connectivity index (χ0v) is 9.58. The van der Waals surface area contributed by atoms with Crippen molar-refractivity contribution in [2.45, 2.75) is 38.8 Å². The molecule has 3 heteroatoms. The Kier molecular flexibility index (Phi) is 5.45. The lowest BCUT2D eigenvalue weighted by Crippen LogP contribution is -2.40. The lowest BCUT2D eigenvalue weighted by molar-refractivity contribution is 0.0521. The average molecular weight is 201 g/mol. The van der Waals surface area contributed by atoms with Crippen LogP contribution in [0.2, 0.25) is 0 Å². The Hall–Kier alpha value is -0.120. The molecule has 84 valence electrons. The lowest BCUT2D eigenvalue weighted by atomic mass is 9.93. The van der Waals surface area contributed by atoms with Crippen molar-refractivity contribution in [3.63, 3.8) is 0 Å². The summed E-state index contributed by atoms with van der Waals surface area (Å²) in [6.07, 6.45) is 2.68. The van der Waals surface area contributed by atoms with Crippen LogP contribution in [0, 0.1) is 5.92 Å². The SMILES string of the molecule is COC(C)CNC(C)C1CCOCC1. The Balaban J connectivity index is 2.16. The Morgan fingerprint density at radius 3 is 2.57 bits per heavy atom. The van der Waals surface area contributed by atoms with Crippen LogP contribution in [-0.4, -0.2) is 39.0 Å². The molecule has 0 aromatic carbocycles. The zero-order chi connectivity index (χ0) is 10.4. The topological polar surface area (TPSA) is 30.5 Å². The normalized spacial score (nSPS) is 23.4. The van der Waals surface area contributed by atoms with E-state index in [0.717, 1.165) is 25.7 Å². The van der Waals surface area contributed by atoms with Crippen molar-refractivity contribution >= 4 is 0 Å². The highest BCUT2D eigenvalue weighted by molar-refractivity contribution is 4.75. The fourth-order valence-electron chi connectivity index (χ4n) is 1.82. The molecule has 0 amide bonds. The summed E-state index contributed by atoms with van der Waals surface area (Å²) >= 11 is 0. The number of hydrogen-bond donors (Lipinski definition) is 1. The van der Waals surface area contributed by atoms with E-state index in [9.17, 15) is 0 Å². The van der Waals surface area contributed by atoms with Crippen LogP contribution in [0.3, 0.4) is 0 Å². The van der Waals surface area contributed by atoms with Crippen molar-refractivity contribution in [3.8, 4) is 0 Å². The molecule has 0 aromatic rings. The molecule has 1 aliphatic heterocycles. The minimum atomic E-state index is 0.303. The van der Waals surface area contributed by atoms with Gasteiger partial charge in [0.15, 0.2) is 0 Å². The second-order valence-electron chi connectivity index (χ2n) is 4.19. The molecule has 0 bridgehead atoms. The summed E-state index contributed by atoms with van der Waals surface area (Å²) in [5, 5.41) is 3.52. The van der Waals surface area contributed by atoms with E-state index in [1.54, 1.807) is 7.11 Å². The van der Waals surface area contributed by atoms with Gasteiger partial charge in [-0.1, -0.05) is 0 Å². The molecular formula is C11H23NO2. The van der Waals surface area contributed by atoms with E-state index in [4.69, 9.17) is 9.47 Å². The molecule has 1 rings (SSSR count). The highest BCUT2D eigenvalue weighted by Crippen LogP contribution is 2.18. The van der Waals surface area contributed by atoms with Gasteiger partial charge in [-0.05, 0) is 32.6 Å². The summed E-state index contributed by atoms with van der Waals surface area (Å²) in [5.41, 5.74) is 0. The van der Waals surface area contributed by atoms with Crippen molar-refractivity contribution in [1.29, 1.82) is 0 Å². The van der Waals surface area contributed by atoms with Crippen molar-refractivity contribution in [1.82, 2.24) is 5.32 Å². The van der Waals surface area contributed by atoms with Crippen LogP contribution >= 0.6 is 0 Å². The Labute approximate surface area is 87.2 Å². The van der Waals surface area contributed by atoms with Crippen LogP contribution in [0.1, 0.15) is 26.7 Å². The smallest absolute Gasteiger partial charge is 0.0667 e. The minimum Gasteiger partial charge on any atom is -0.381 e. The maximum atomic E-state index is 5.34.